The summed E-state index contributed by atoms with van der Waals surface area (Å²) in [5.41, 5.74) is 9.17. The Hall–Kier alpha value is -1.35. The molecule has 3 heteroatoms. The van der Waals surface area contributed by atoms with Gasteiger partial charge in [-0.15, -0.1) is 0 Å². The van der Waals surface area contributed by atoms with Crippen LogP contribution in [0, 0.1) is 5.92 Å². The molecular weight excluding hydrogens is 198 g/mol. The van der Waals surface area contributed by atoms with E-state index in [0.29, 0.717) is 12.5 Å². The molecule has 3 nitrogen and oxygen atoms in total. The highest BCUT2D eigenvalue weighted by atomic mass is 15.1. The molecule has 0 unspecified atom stereocenters. The van der Waals surface area contributed by atoms with Gasteiger partial charge in [-0.3, -0.25) is 5.10 Å². The number of nitrogens with zero attached hydrogens (tertiary/aromatic N) is 1. The third-order valence-electron chi connectivity index (χ3n) is 2.77. The van der Waals surface area contributed by atoms with E-state index in [-0.39, 0.29) is 0 Å². The van der Waals surface area contributed by atoms with Crippen LogP contribution in [0.2, 0.25) is 0 Å². The Morgan fingerprint density at radius 2 is 2.19 bits per heavy atom. The zero-order valence-corrected chi connectivity index (χ0v) is 9.96. The van der Waals surface area contributed by atoms with Crippen LogP contribution < -0.4 is 5.73 Å². The van der Waals surface area contributed by atoms with E-state index in [4.69, 9.17) is 5.73 Å². The van der Waals surface area contributed by atoms with E-state index in [1.165, 1.54) is 16.6 Å². The number of hydrogen-bond acceptors (Lipinski definition) is 2. The maximum absolute atomic E-state index is 5.60. The van der Waals surface area contributed by atoms with Crippen LogP contribution in [0.4, 0.5) is 0 Å². The van der Waals surface area contributed by atoms with E-state index >= 15 is 0 Å². The minimum atomic E-state index is 0.641. The first-order chi connectivity index (χ1) is 7.72. The number of para-hydroxylation sites is 1. The molecule has 0 fully saturated rings. The van der Waals surface area contributed by atoms with Gasteiger partial charge in [0.15, 0.2) is 0 Å². The molecule has 0 aliphatic carbocycles. The van der Waals surface area contributed by atoms with Crippen molar-refractivity contribution in [2.24, 2.45) is 11.7 Å². The van der Waals surface area contributed by atoms with Crippen LogP contribution >= 0.6 is 0 Å². The number of hydrogen-bond donors (Lipinski definition) is 2. The Labute approximate surface area is 96.0 Å². The normalized spacial score (nSPS) is 11.5. The third kappa shape index (κ3) is 2.09. The van der Waals surface area contributed by atoms with Gasteiger partial charge in [-0.25, -0.2) is 0 Å². The standard InChI is InChI=1S/C13H19N3/c1-9(2)8-12-11-5-3-4-10(6-7-14)13(11)16-15-12/h3-5,9H,6-8,14H2,1-2H3,(H,15,16). The topological polar surface area (TPSA) is 54.7 Å². The molecule has 16 heavy (non-hydrogen) atoms. The second kappa shape index (κ2) is 4.66. The summed E-state index contributed by atoms with van der Waals surface area (Å²) >= 11 is 0. The van der Waals surface area contributed by atoms with E-state index in [1.54, 1.807) is 0 Å². The molecule has 0 saturated heterocycles. The van der Waals surface area contributed by atoms with Crippen molar-refractivity contribution in [3.8, 4) is 0 Å². The summed E-state index contributed by atoms with van der Waals surface area (Å²) in [4.78, 5) is 0. The summed E-state index contributed by atoms with van der Waals surface area (Å²) in [5.74, 6) is 0.641. The van der Waals surface area contributed by atoms with E-state index in [1.807, 2.05) is 0 Å². The Kier molecular flexibility index (Phi) is 3.25. The number of rotatable bonds is 4. The summed E-state index contributed by atoms with van der Waals surface area (Å²) in [6.07, 6.45) is 1.94. The minimum Gasteiger partial charge on any atom is -0.330 e. The lowest BCUT2D eigenvalue weighted by molar-refractivity contribution is 0.636. The van der Waals surface area contributed by atoms with Crippen LogP contribution in [-0.4, -0.2) is 16.7 Å². The number of aromatic amines is 1. The fourth-order valence-corrected chi connectivity index (χ4v) is 2.07. The Bertz CT molecular complexity index is 471. The maximum atomic E-state index is 5.60. The first-order valence-electron chi connectivity index (χ1n) is 5.87. The van der Waals surface area contributed by atoms with Crippen LogP contribution in [0.25, 0.3) is 10.9 Å². The first kappa shape index (κ1) is 11.1. The second-order valence-corrected chi connectivity index (χ2v) is 4.65. The minimum absolute atomic E-state index is 0.641. The largest absolute Gasteiger partial charge is 0.330 e. The van der Waals surface area contributed by atoms with Crippen molar-refractivity contribution in [2.45, 2.75) is 26.7 Å². The van der Waals surface area contributed by atoms with Gasteiger partial charge in [0.25, 0.3) is 0 Å². The Morgan fingerprint density at radius 1 is 1.38 bits per heavy atom. The molecule has 0 amide bonds. The van der Waals surface area contributed by atoms with Gasteiger partial charge in [-0.1, -0.05) is 32.0 Å². The second-order valence-electron chi connectivity index (χ2n) is 4.65. The lowest BCUT2D eigenvalue weighted by Gasteiger charge is -2.03. The molecule has 0 atom stereocenters. The highest BCUT2D eigenvalue weighted by Gasteiger charge is 2.09. The average Bonchev–Trinajstić information content (AvgIpc) is 2.63. The molecule has 0 bridgehead atoms. The quantitative estimate of drug-likeness (QED) is 0.825. The lowest BCUT2D eigenvalue weighted by Crippen LogP contribution is -2.03. The highest BCUT2D eigenvalue weighted by Crippen LogP contribution is 2.21. The predicted molar refractivity (Wildman–Crippen MR) is 67.4 cm³/mol. The van der Waals surface area contributed by atoms with Gasteiger partial charge in [0.1, 0.15) is 0 Å². The van der Waals surface area contributed by atoms with E-state index in [0.717, 1.165) is 18.4 Å². The number of nitrogens with two attached hydrogens (primary N) is 1. The Morgan fingerprint density at radius 3 is 2.88 bits per heavy atom. The van der Waals surface area contributed by atoms with Gasteiger partial charge < -0.3 is 5.73 Å². The van der Waals surface area contributed by atoms with E-state index in [9.17, 15) is 0 Å². The fourth-order valence-electron chi connectivity index (χ4n) is 2.07. The van der Waals surface area contributed by atoms with Crippen molar-refractivity contribution >= 4 is 10.9 Å². The monoisotopic (exact) mass is 217 g/mol. The molecule has 3 N–H and O–H groups in total. The van der Waals surface area contributed by atoms with Crippen LogP contribution in [0.15, 0.2) is 18.2 Å². The number of H-pyrrole nitrogens is 1. The molecule has 1 aromatic carbocycles. The molecule has 1 aromatic heterocycles. The number of fused-ring (bicyclic) bond motifs is 1. The maximum Gasteiger partial charge on any atom is 0.0956 e. The van der Waals surface area contributed by atoms with E-state index < -0.39 is 0 Å². The fraction of sp³-hybridized carbons (Fsp3) is 0.462. The zero-order valence-electron chi connectivity index (χ0n) is 9.96. The molecule has 1 heterocycles. The van der Waals surface area contributed by atoms with E-state index in [2.05, 4.69) is 42.2 Å². The predicted octanol–water partition coefficient (Wildman–Crippen LogP) is 2.26. The summed E-state index contributed by atoms with van der Waals surface area (Å²) in [5, 5.41) is 8.81. The number of benzene rings is 1. The molecule has 86 valence electrons. The molecule has 0 radical (unpaired) electrons. The molecule has 0 spiro atoms. The molecule has 0 saturated carbocycles. The van der Waals surface area contributed by atoms with Crippen molar-refractivity contribution in [1.29, 1.82) is 0 Å². The average molecular weight is 217 g/mol. The zero-order chi connectivity index (χ0) is 11.5. The van der Waals surface area contributed by atoms with Gasteiger partial charge in [-0.05, 0) is 30.9 Å². The number of nitrogens with one attached hydrogen (secondary N) is 1. The van der Waals surface area contributed by atoms with Gasteiger partial charge >= 0.3 is 0 Å². The van der Waals surface area contributed by atoms with Crippen molar-refractivity contribution in [1.82, 2.24) is 10.2 Å². The molecule has 0 aliphatic heterocycles. The lowest BCUT2D eigenvalue weighted by atomic mass is 10.0. The molecule has 2 rings (SSSR count). The van der Waals surface area contributed by atoms with Gasteiger partial charge in [-0.2, -0.15) is 5.10 Å². The van der Waals surface area contributed by atoms with Crippen molar-refractivity contribution in [3.05, 3.63) is 29.5 Å². The van der Waals surface area contributed by atoms with Crippen molar-refractivity contribution in [2.75, 3.05) is 6.54 Å². The molecule has 2 aromatic rings. The molecule has 0 aliphatic rings. The van der Waals surface area contributed by atoms with Gasteiger partial charge in [0, 0.05) is 11.1 Å². The first-order valence-corrected chi connectivity index (χ1v) is 5.87. The van der Waals surface area contributed by atoms with Crippen LogP contribution in [-0.2, 0) is 12.8 Å². The smallest absolute Gasteiger partial charge is 0.0956 e. The highest BCUT2D eigenvalue weighted by molar-refractivity contribution is 5.84. The molecular formula is C13H19N3. The number of aromatic nitrogens is 2. The van der Waals surface area contributed by atoms with Crippen molar-refractivity contribution < 1.29 is 0 Å². The SMILES string of the molecule is CC(C)Cc1[nH]nc2c(CCN)cccc12. The Balaban J connectivity index is 2.44. The summed E-state index contributed by atoms with van der Waals surface area (Å²) in [6.45, 7) is 5.11. The van der Waals surface area contributed by atoms with Gasteiger partial charge in [0.2, 0.25) is 0 Å². The summed E-state index contributed by atoms with van der Waals surface area (Å²) in [6, 6.07) is 6.33. The van der Waals surface area contributed by atoms with Crippen LogP contribution in [0.3, 0.4) is 0 Å². The van der Waals surface area contributed by atoms with Gasteiger partial charge in [0.05, 0.1) is 5.52 Å². The third-order valence-corrected chi connectivity index (χ3v) is 2.77. The van der Waals surface area contributed by atoms with Crippen molar-refractivity contribution in [3.63, 3.8) is 0 Å². The summed E-state index contributed by atoms with van der Waals surface area (Å²) < 4.78 is 0. The van der Waals surface area contributed by atoms with Crippen LogP contribution in [0.1, 0.15) is 25.1 Å². The summed E-state index contributed by atoms with van der Waals surface area (Å²) in [7, 11) is 0. The van der Waals surface area contributed by atoms with Crippen LogP contribution in [0.5, 0.6) is 0 Å².